The van der Waals surface area contributed by atoms with Gasteiger partial charge in [-0.1, -0.05) is 18.2 Å². The van der Waals surface area contributed by atoms with Gasteiger partial charge in [0.05, 0.1) is 30.8 Å². The number of benzene rings is 1. The molecular formula is C22H22N4O3S. The van der Waals surface area contributed by atoms with E-state index in [-0.39, 0.29) is 24.4 Å². The number of rotatable bonds is 7. The van der Waals surface area contributed by atoms with Crippen LogP contribution >= 0.6 is 12.2 Å². The molecule has 30 heavy (non-hydrogen) atoms. The lowest BCUT2D eigenvalue weighted by Crippen LogP contribution is -2.32. The van der Waals surface area contributed by atoms with Crippen LogP contribution in [-0.4, -0.2) is 34.6 Å². The number of pyridine rings is 1. The van der Waals surface area contributed by atoms with Gasteiger partial charge in [-0.15, -0.1) is 0 Å². The van der Waals surface area contributed by atoms with Crippen molar-refractivity contribution in [2.45, 2.75) is 18.5 Å². The molecule has 0 bridgehead atoms. The summed E-state index contributed by atoms with van der Waals surface area (Å²) in [6.07, 6.45) is 3.65. The first-order chi connectivity index (χ1) is 14.7. The highest BCUT2D eigenvalue weighted by Gasteiger charge is 2.41. The predicted octanol–water partition coefficient (Wildman–Crippen LogP) is 3.68. The SMILES string of the molecule is COc1ccccc1NC(=O)CCN1C(=S)N[C@H](c2ccccn2)[C@H]1c1ccco1. The van der Waals surface area contributed by atoms with Crippen molar-refractivity contribution in [2.75, 3.05) is 19.0 Å². The van der Waals surface area contributed by atoms with Gasteiger partial charge in [-0.3, -0.25) is 9.78 Å². The smallest absolute Gasteiger partial charge is 0.226 e. The Bertz CT molecular complexity index is 1010. The summed E-state index contributed by atoms with van der Waals surface area (Å²) in [5, 5.41) is 6.80. The standard InChI is InChI=1S/C22H22N4O3S/c1-28-17-9-3-2-7-15(17)24-19(27)11-13-26-21(18-10-6-14-29-18)20(25-22(26)30)16-8-4-5-12-23-16/h2-10,12,14,20-21H,11,13H2,1H3,(H,24,27)(H,25,30)/t20-,21-/m1/s1. The first kappa shape index (κ1) is 19.9. The zero-order valence-corrected chi connectivity index (χ0v) is 17.3. The topological polar surface area (TPSA) is 79.6 Å². The number of anilines is 1. The molecule has 3 heterocycles. The number of methoxy groups -OCH3 is 1. The Morgan fingerprint density at radius 1 is 1.23 bits per heavy atom. The van der Waals surface area contributed by atoms with Gasteiger partial charge in [-0.2, -0.15) is 0 Å². The molecular weight excluding hydrogens is 400 g/mol. The molecule has 0 saturated carbocycles. The van der Waals surface area contributed by atoms with Gasteiger partial charge in [0.2, 0.25) is 5.91 Å². The summed E-state index contributed by atoms with van der Waals surface area (Å²) in [5.74, 6) is 1.26. The molecule has 1 aliphatic rings. The van der Waals surface area contributed by atoms with Crippen LogP contribution in [0.4, 0.5) is 5.69 Å². The number of hydrogen-bond donors (Lipinski definition) is 2. The molecule has 0 aliphatic carbocycles. The van der Waals surface area contributed by atoms with Crippen molar-refractivity contribution >= 4 is 28.9 Å². The summed E-state index contributed by atoms with van der Waals surface area (Å²) >= 11 is 5.58. The highest BCUT2D eigenvalue weighted by molar-refractivity contribution is 7.80. The Morgan fingerprint density at radius 3 is 2.80 bits per heavy atom. The summed E-state index contributed by atoms with van der Waals surface area (Å²) in [7, 11) is 1.57. The van der Waals surface area contributed by atoms with E-state index >= 15 is 0 Å². The quantitative estimate of drug-likeness (QED) is 0.562. The third-order valence-corrected chi connectivity index (χ3v) is 5.35. The number of nitrogens with zero attached hydrogens (tertiary/aromatic N) is 2. The number of nitrogens with one attached hydrogen (secondary N) is 2. The van der Waals surface area contributed by atoms with E-state index in [0.29, 0.717) is 23.1 Å². The molecule has 1 amide bonds. The molecule has 4 rings (SSSR count). The molecule has 1 aliphatic heterocycles. The molecule has 2 atom stereocenters. The minimum absolute atomic E-state index is 0.123. The second kappa shape index (κ2) is 8.96. The van der Waals surface area contributed by atoms with E-state index < -0.39 is 0 Å². The van der Waals surface area contributed by atoms with Crippen molar-refractivity contribution < 1.29 is 13.9 Å². The average Bonchev–Trinajstić information content (AvgIpc) is 3.41. The van der Waals surface area contributed by atoms with E-state index in [1.54, 1.807) is 25.6 Å². The van der Waals surface area contributed by atoms with Gasteiger partial charge in [0.25, 0.3) is 0 Å². The van der Waals surface area contributed by atoms with Crippen LogP contribution in [0.3, 0.4) is 0 Å². The molecule has 2 N–H and O–H groups in total. The molecule has 0 radical (unpaired) electrons. The highest BCUT2D eigenvalue weighted by Crippen LogP contribution is 2.38. The number of hydrogen-bond acceptors (Lipinski definition) is 5. The molecule has 2 aromatic heterocycles. The van der Waals surface area contributed by atoms with Gasteiger partial charge in [0.1, 0.15) is 17.6 Å². The number of carbonyl (C=O) groups is 1. The van der Waals surface area contributed by atoms with Crippen LogP contribution in [-0.2, 0) is 4.79 Å². The summed E-state index contributed by atoms with van der Waals surface area (Å²) in [4.78, 5) is 19.1. The van der Waals surface area contributed by atoms with E-state index in [9.17, 15) is 4.79 Å². The van der Waals surface area contributed by atoms with Crippen LogP contribution in [0, 0.1) is 0 Å². The highest BCUT2D eigenvalue weighted by atomic mass is 32.1. The molecule has 0 unspecified atom stereocenters. The van der Waals surface area contributed by atoms with Crippen LogP contribution in [0.5, 0.6) is 5.75 Å². The minimum atomic E-state index is -0.193. The summed E-state index contributed by atoms with van der Waals surface area (Å²) in [6, 6.07) is 16.5. The van der Waals surface area contributed by atoms with Crippen LogP contribution < -0.4 is 15.4 Å². The Hall–Kier alpha value is -3.39. The fourth-order valence-electron chi connectivity index (χ4n) is 3.60. The first-order valence-electron chi connectivity index (χ1n) is 9.61. The molecule has 1 fully saturated rings. The van der Waals surface area contributed by atoms with Crippen LogP contribution in [0.15, 0.2) is 71.5 Å². The molecule has 7 nitrogen and oxygen atoms in total. The van der Waals surface area contributed by atoms with Gasteiger partial charge in [-0.05, 0) is 48.6 Å². The number of aromatic nitrogens is 1. The Labute approximate surface area is 180 Å². The van der Waals surface area contributed by atoms with Crippen molar-refractivity contribution in [3.05, 3.63) is 78.5 Å². The van der Waals surface area contributed by atoms with Gasteiger partial charge in [0.15, 0.2) is 5.11 Å². The van der Waals surface area contributed by atoms with E-state index in [1.807, 2.05) is 53.4 Å². The maximum absolute atomic E-state index is 12.6. The van der Waals surface area contributed by atoms with Crippen LogP contribution in [0.25, 0.3) is 0 Å². The van der Waals surface area contributed by atoms with E-state index in [0.717, 1.165) is 11.5 Å². The lowest BCUT2D eigenvalue weighted by Gasteiger charge is -2.25. The predicted molar refractivity (Wildman–Crippen MR) is 117 cm³/mol. The molecule has 154 valence electrons. The number of carbonyl (C=O) groups excluding carboxylic acids is 1. The number of ether oxygens (including phenoxy) is 1. The molecule has 1 aromatic carbocycles. The van der Waals surface area contributed by atoms with E-state index in [1.165, 1.54) is 0 Å². The number of para-hydroxylation sites is 2. The van der Waals surface area contributed by atoms with Gasteiger partial charge < -0.3 is 24.7 Å². The second-order valence-corrected chi connectivity index (χ2v) is 7.22. The normalized spacial score (nSPS) is 18.2. The summed E-state index contributed by atoms with van der Waals surface area (Å²) < 4.78 is 11.0. The number of amides is 1. The summed E-state index contributed by atoms with van der Waals surface area (Å²) in [6.45, 7) is 0.432. The first-order valence-corrected chi connectivity index (χ1v) is 10.0. The largest absolute Gasteiger partial charge is 0.495 e. The van der Waals surface area contributed by atoms with Crippen molar-refractivity contribution in [3.63, 3.8) is 0 Å². The Kier molecular flexibility index (Phi) is 5.94. The zero-order chi connectivity index (χ0) is 20.9. The van der Waals surface area contributed by atoms with Crippen LogP contribution in [0.2, 0.25) is 0 Å². The maximum atomic E-state index is 12.6. The van der Waals surface area contributed by atoms with Gasteiger partial charge >= 0.3 is 0 Å². The number of furan rings is 1. The van der Waals surface area contributed by atoms with Crippen molar-refractivity contribution in [1.29, 1.82) is 0 Å². The lowest BCUT2D eigenvalue weighted by molar-refractivity contribution is -0.116. The summed E-state index contributed by atoms with van der Waals surface area (Å²) in [5.41, 5.74) is 1.50. The van der Waals surface area contributed by atoms with Crippen molar-refractivity contribution in [1.82, 2.24) is 15.2 Å². The molecule has 3 aromatic rings. The molecule has 0 spiro atoms. The minimum Gasteiger partial charge on any atom is -0.495 e. The maximum Gasteiger partial charge on any atom is 0.226 e. The monoisotopic (exact) mass is 422 g/mol. The Balaban J connectivity index is 1.49. The molecule has 1 saturated heterocycles. The fourth-order valence-corrected chi connectivity index (χ4v) is 3.93. The fraction of sp³-hybridized carbons (Fsp3) is 0.227. The van der Waals surface area contributed by atoms with Crippen molar-refractivity contribution in [2.24, 2.45) is 0 Å². The lowest BCUT2D eigenvalue weighted by atomic mass is 10.0. The third-order valence-electron chi connectivity index (χ3n) is 4.99. The average molecular weight is 423 g/mol. The van der Waals surface area contributed by atoms with Gasteiger partial charge in [0, 0.05) is 19.2 Å². The Morgan fingerprint density at radius 2 is 2.07 bits per heavy atom. The van der Waals surface area contributed by atoms with Crippen molar-refractivity contribution in [3.8, 4) is 5.75 Å². The number of thiocarbonyl (C=S) groups is 1. The third kappa shape index (κ3) is 4.13. The van der Waals surface area contributed by atoms with Gasteiger partial charge in [-0.25, -0.2) is 0 Å². The second-order valence-electron chi connectivity index (χ2n) is 6.83. The zero-order valence-electron chi connectivity index (χ0n) is 16.4. The van der Waals surface area contributed by atoms with Crippen LogP contribution in [0.1, 0.15) is 30.0 Å². The molecule has 8 heteroatoms. The van der Waals surface area contributed by atoms with E-state index in [4.69, 9.17) is 21.4 Å². The van der Waals surface area contributed by atoms with E-state index in [2.05, 4.69) is 15.6 Å².